The van der Waals surface area contributed by atoms with Crippen molar-refractivity contribution in [3.8, 4) is 11.5 Å². The Kier molecular flexibility index (Phi) is 7.58. The second-order valence-corrected chi connectivity index (χ2v) is 8.44. The van der Waals surface area contributed by atoms with Crippen LogP contribution in [0.15, 0.2) is 71.6 Å². The quantitative estimate of drug-likeness (QED) is 0.444. The van der Waals surface area contributed by atoms with E-state index < -0.39 is 30.5 Å². The third-order valence-electron chi connectivity index (χ3n) is 5.56. The molecule has 0 aliphatic carbocycles. The topological polar surface area (TPSA) is 142 Å². The number of methoxy groups -OCH3 is 1. The lowest BCUT2D eigenvalue weighted by molar-refractivity contribution is -0.115. The summed E-state index contributed by atoms with van der Waals surface area (Å²) in [6, 6.07) is 10.9. The molecule has 1 saturated heterocycles. The van der Waals surface area contributed by atoms with E-state index in [-0.39, 0.29) is 12.2 Å². The number of hydrogen-bond donors (Lipinski definition) is 3. The molecule has 5 amide bonds. The van der Waals surface area contributed by atoms with E-state index in [0.29, 0.717) is 22.2 Å². The highest BCUT2D eigenvalue weighted by Crippen LogP contribution is 2.32. The number of amides is 5. The van der Waals surface area contributed by atoms with E-state index in [9.17, 15) is 19.3 Å². The van der Waals surface area contributed by atoms with Crippen molar-refractivity contribution >= 4 is 35.3 Å². The fraction of sp³-hybridized carbons (Fsp3) is 0.208. The number of carbonyl (C=O) groups excluding carboxylic acids is 3. The molecule has 2 heterocycles. The molecule has 0 bridgehead atoms. The maximum absolute atomic E-state index is 12.9. The van der Waals surface area contributed by atoms with Gasteiger partial charge in [-0.3, -0.25) is 15.0 Å². The van der Waals surface area contributed by atoms with Crippen molar-refractivity contribution in [2.45, 2.75) is 19.1 Å². The molecular weight excluding hydrogens is 504 g/mol. The number of carbonyl (C=O) groups is 3. The molecule has 3 N–H and O–H groups in total. The van der Waals surface area contributed by atoms with Gasteiger partial charge in [0.1, 0.15) is 5.70 Å². The van der Waals surface area contributed by atoms with Gasteiger partial charge in [0.2, 0.25) is 0 Å². The zero-order valence-corrected chi connectivity index (χ0v) is 20.6. The van der Waals surface area contributed by atoms with Crippen LogP contribution in [-0.2, 0) is 11.3 Å². The van der Waals surface area contributed by atoms with Gasteiger partial charge in [0, 0.05) is 29.0 Å². The smallest absolute Gasteiger partial charge is 0.332 e. The minimum atomic E-state index is -0.942. The van der Waals surface area contributed by atoms with Crippen LogP contribution in [-0.4, -0.2) is 54.4 Å². The zero-order valence-electron chi connectivity index (χ0n) is 19.8. The van der Waals surface area contributed by atoms with E-state index in [1.54, 1.807) is 54.6 Å². The van der Waals surface area contributed by atoms with E-state index in [0.717, 1.165) is 10.5 Å². The van der Waals surface area contributed by atoms with Crippen LogP contribution >= 0.6 is 11.6 Å². The van der Waals surface area contributed by atoms with Crippen molar-refractivity contribution in [3.05, 3.63) is 81.9 Å². The van der Waals surface area contributed by atoms with E-state index in [2.05, 4.69) is 21.1 Å². The second kappa shape index (κ2) is 11.0. The van der Waals surface area contributed by atoms with Crippen LogP contribution in [0.4, 0.5) is 15.3 Å². The molecule has 1 fully saturated rings. The molecular formula is C24H23ClN6O6. The van der Waals surface area contributed by atoms with Crippen LogP contribution in [0.2, 0.25) is 5.02 Å². The summed E-state index contributed by atoms with van der Waals surface area (Å²) in [6.07, 6.45) is 3.01. The SMILES string of the molecule is COc1cc(NC2NC(=O)N(C)C(=O)N2Cc2ccc(Cl)cc2)ccc1OC1C=CC=C(C(=O)N=O)N1. The fourth-order valence-corrected chi connectivity index (χ4v) is 3.77. The average Bonchev–Trinajstić information content (AvgIpc) is 2.91. The van der Waals surface area contributed by atoms with Gasteiger partial charge < -0.3 is 20.1 Å². The molecule has 0 radical (unpaired) electrons. The van der Waals surface area contributed by atoms with Crippen molar-refractivity contribution in [2.75, 3.05) is 19.5 Å². The maximum atomic E-state index is 12.9. The van der Waals surface area contributed by atoms with E-state index in [4.69, 9.17) is 21.1 Å². The van der Waals surface area contributed by atoms with Gasteiger partial charge in [-0.15, -0.1) is 4.91 Å². The standard InChI is InChI=1S/C24H23ClN6O6/c1-30-23(33)28-22(31(24(30)34)13-14-6-8-15(25)9-7-14)26-16-10-11-18(19(12-16)36-2)37-20-5-3-4-17(27-20)21(32)29-35/h3-12,20,22,26-27H,13H2,1-2H3,(H,28,33). The molecule has 4 rings (SSSR count). The minimum absolute atomic E-state index is 0.00297. The number of nitrogens with one attached hydrogen (secondary N) is 3. The van der Waals surface area contributed by atoms with Crippen molar-refractivity contribution in [2.24, 2.45) is 5.18 Å². The molecule has 2 aromatic carbocycles. The molecule has 0 saturated carbocycles. The Morgan fingerprint density at radius 1 is 1.14 bits per heavy atom. The molecule has 2 unspecified atom stereocenters. The lowest BCUT2D eigenvalue weighted by atomic mass is 10.2. The van der Waals surface area contributed by atoms with Crippen molar-refractivity contribution in [3.63, 3.8) is 0 Å². The molecule has 0 aromatic heterocycles. The molecule has 37 heavy (non-hydrogen) atoms. The fourth-order valence-electron chi connectivity index (χ4n) is 3.64. The van der Waals surface area contributed by atoms with Gasteiger partial charge >= 0.3 is 18.0 Å². The summed E-state index contributed by atoms with van der Waals surface area (Å²) in [5.41, 5.74) is 1.35. The molecule has 2 atom stereocenters. The largest absolute Gasteiger partial charge is 0.493 e. The predicted molar refractivity (Wildman–Crippen MR) is 135 cm³/mol. The number of hydrogen-bond acceptors (Lipinski definition) is 8. The van der Waals surface area contributed by atoms with Crippen molar-refractivity contribution in [1.82, 2.24) is 20.4 Å². The number of halogens is 1. The number of nitroso groups, excluding NO2 is 1. The molecule has 13 heteroatoms. The molecule has 2 aliphatic rings. The predicted octanol–water partition coefficient (Wildman–Crippen LogP) is 3.36. The Bertz CT molecular complexity index is 1280. The first-order valence-electron chi connectivity index (χ1n) is 11.0. The van der Waals surface area contributed by atoms with Gasteiger partial charge in [0.05, 0.1) is 13.7 Å². The first-order chi connectivity index (χ1) is 17.8. The summed E-state index contributed by atoms with van der Waals surface area (Å²) >= 11 is 5.97. The monoisotopic (exact) mass is 526 g/mol. The van der Waals surface area contributed by atoms with Crippen LogP contribution in [0.25, 0.3) is 0 Å². The summed E-state index contributed by atoms with van der Waals surface area (Å²) in [5.74, 6) is -0.266. The van der Waals surface area contributed by atoms with Gasteiger partial charge in [0.15, 0.2) is 24.0 Å². The molecule has 192 valence electrons. The number of nitrogens with zero attached hydrogens (tertiary/aromatic N) is 3. The molecule has 0 spiro atoms. The summed E-state index contributed by atoms with van der Waals surface area (Å²) in [6.45, 7) is 0.209. The Morgan fingerprint density at radius 3 is 2.59 bits per heavy atom. The highest BCUT2D eigenvalue weighted by molar-refractivity contribution is 6.30. The van der Waals surface area contributed by atoms with Crippen LogP contribution in [0, 0.1) is 4.91 Å². The van der Waals surface area contributed by atoms with Crippen LogP contribution in [0.1, 0.15) is 5.56 Å². The Balaban J connectivity index is 1.51. The third-order valence-corrected chi connectivity index (χ3v) is 5.81. The molecule has 12 nitrogen and oxygen atoms in total. The van der Waals surface area contributed by atoms with Crippen molar-refractivity contribution in [1.29, 1.82) is 0 Å². The number of anilines is 1. The van der Waals surface area contributed by atoms with Gasteiger partial charge in [-0.25, -0.2) is 14.5 Å². The third kappa shape index (κ3) is 5.81. The number of ether oxygens (including phenoxy) is 2. The molecule has 2 aliphatic heterocycles. The number of benzene rings is 2. The zero-order chi connectivity index (χ0) is 26.5. The lowest BCUT2D eigenvalue weighted by Crippen LogP contribution is -2.65. The number of allylic oxidation sites excluding steroid dienone is 2. The normalized spacial score (nSPS) is 18.9. The minimum Gasteiger partial charge on any atom is -0.493 e. The summed E-state index contributed by atoms with van der Waals surface area (Å²) < 4.78 is 11.3. The van der Waals surface area contributed by atoms with Crippen LogP contribution in [0.5, 0.6) is 11.5 Å². The lowest BCUT2D eigenvalue weighted by Gasteiger charge is -2.40. The summed E-state index contributed by atoms with van der Waals surface area (Å²) in [7, 11) is 2.85. The highest BCUT2D eigenvalue weighted by Gasteiger charge is 2.36. The average molecular weight is 527 g/mol. The van der Waals surface area contributed by atoms with Gasteiger partial charge in [-0.2, -0.15) is 0 Å². The second-order valence-electron chi connectivity index (χ2n) is 8.00. The number of urea groups is 2. The number of imide groups is 1. The van der Waals surface area contributed by atoms with Crippen LogP contribution < -0.4 is 25.4 Å². The van der Waals surface area contributed by atoms with Gasteiger partial charge in [-0.05, 0) is 42.0 Å². The Labute approximate surface area is 216 Å². The molecule has 2 aromatic rings. The summed E-state index contributed by atoms with van der Waals surface area (Å²) in [5, 5.41) is 11.6. The van der Waals surface area contributed by atoms with Crippen molar-refractivity contribution < 1.29 is 23.9 Å². The Morgan fingerprint density at radius 2 is 1.89 bits per heavy atom. The van der Waals surface area contributed by atoms with E-state index in [1.165, 1.54) is 25.1 Å². The highest BCUT2D eigenvalue weighted by atomic mass is 35.5. The van der Waals surface area contributed by atoms with Gasteiger partial charge in [0.25, 0.3) is 0 Å². The first kappa shape index (κ1) is 25.5. The maximum Gasteiger partial charge on any atom is 0.332 e. The van der Waals surface area contributed by atoms with E-state index >= 15 is 0 Å². The van der Waals surface area contributed by atoms with E-state index in [1.807, 2.05) is 0 Å². The number of rotatable bonds is 8. The van der Waals surface area contributed by atoms with Gasteiger partial charge in [-0.1, -0.05) is 29.8 Å². The Hall–Kier alpha value is -4.58. The summed E-state index contributed by atoms with van der Waals surface area (Å²) in [4.78, 5) is 49.8. The van der Waals surface area contributed by atoms with Crippen LogP contribution in [0.3, 0.4) is 0 Å². The first-order valence-corrected chi connectivity index (χ1v) is 11.4. The number of dihydropyridines is 1.